The summed E-state index contributed by atoms with van der Waals surface area (Å²) < 4.78 is 0. The number of H-pyrrole nitrogens is 2. The summed E-state index contributed by atoms with van der Waals surface area (Å²) in [5.41, 5.74) is 3.94. The smallest absolute Gasteiger partial charge is 0.166 e. The molecule has 110 valence electrons. The van der Waals surface area contributed by atoms with Gasteiger partial charge in [-0.2, -0.15) is 0 Å². The highest BCUT2D eigenvalue weighted by Crippen LogP contribution is 2.33. The van der Waals surface area contributed by atoms with Gasteiger partial charge in [-0.05, 0) is 41.0 Å². The van der Waals surface area contributed by atoms with Gasteiger partial charge in [-0.15, -0.1) is 0 Å². The molecule has 3 rings (SSSR count). The van der Waals surface area contributed by atoms with Crippen molar-refractivity contribution in [1.29, 1.82) is 0 Å². The number of nitrogens with one attached hydrogen (secondary N) is 2. The maximum atomic E-state index is 10.9. The van der Waals surface area contributed by atoms with Crippen LogP contribution in [0.1, 0.15) is 43.6 Å². The molecular weight excluding hydrogens is 300 g/mol. The molecule has 0 aliphatic heterocycles. The number of rotatable bonds is 5. The quantitative estimate of drug-likeness (QED) is 0.704. The fourth-order valence-electron chi connectivity index (χ4n) is 2.56. The molecule has 2 aromatic heterocycles. The molecule has 5 heteroatoms. The van der Waals surface area contributed by atoms with Gasteiger partial charge < -0.3 is 9.97 Å². The predicted octanol–water partition coefficient (Wildman–Crippen LogP) is 3.80. The molecule has 0 bridgehead atoms. The minimum absolute atomic E-state index is 0.0906. The number of hydrogen-bond donors (Lipinski definition) is 2. The highest BCUT2D eigenvalue weighted by atomic mass is 35.5. The van der Waals surface area contributed by atoms with E-state index in [4.69, 9.17) is 11.6 Å². The van der Waals surface area contributed by atoms with E-state index in [2.05, 4.69) is 9.97 Å². The van der Waals surface area contributed by atoms with Crippen LogP contribution in [0.4, 0.5) is 0 Å². The Hall–Kier alpha value is -2.59. The lowest BCUT2D eigenvalue weighted by atomic mass is 9.88. The average molecular weight is 313 g/mol. The number of aromatic nitrogens is 2. The molecule has 2 N–H and O–H groups in total. The molecule has 0 unspecified atom stereocenters. The lowest BCUT2D eigenvalue weighted by molar-refractivity contribution is 0.111. The third-order valence-corrected chi connectivity index (χ3v) is 3.83. The molecule has 0 fully saturated rings. The third-order valence-electron chi connectivity index (χ3n) is 3.58. The Labute approximate surface area is 132 Å². The van der Waals surface area contributed by atoms with Gasteiger partial charge in [0.25, 0.3) is 0 Å². The van der Waals surface area contributed by atoms with Crippen LogP contribution >= 0.6 is 11.6 Å². The van der Waals surface area contributed by atoms with Crippen LogP contribution in [0.15, 0.2) is 48.8 Å². The molecular formula is C17H13ClN2O2. The monoisotopic (exact) mass is 312 g/mol. The van der Waals surface area contributed by atoms with Crippen molar-refractivity contribution in [3.63, 3.8) is 0 Å². The molecule has 2 heterocycles. The minimum Gasteiger partial charge on any atom is -0.359 e. The number of halogens is 1. The molecule has 0 saturated carbocycles. The van der Waals surface area contributed by atoms with Gasteiger partial charge in [0.1, 0.15) is 0 Å². The Morgan fingerprint density at radius 1 is 0.818 bits per heavy atom. The number of benzene rings is 1. The van der Waals surface area contributed by atoms with Crippen molar-refractivity contribution in [3.8, 4) is 0 Å². The predicted molar refractivity (Wildman–Crippen MR) is 84.8 cm³/mol. The third kappa shape index (κ3) is 2.73. The van der Waals surface area contributed by atoms with Crippen LogP contribution < -0.4 is 0 Å². The van der Waals surface area contributed by atoms with Crippen LogP contribution in [-0.2, 0) is 0 Å². The summed E-state index contributed by atoms with van der Waals surface area (Å²) in [5.74, 6) is -0.0906. The maximum Gasteiger partial charge on any atom is 0.166 e. The van der Waals surface area contributed by atoms with Crippen molar-refractivity contribution >= 4 is 24.2 Å². The number of carbonyl (C=O) groups excluding carboxylic acids is 2. The van der Waals surface area contributed by atoms with Crippen molar-refractivity contribution in [2.45, 2.75) is 5.92 Å². The van der Waals surface area contributed by atoms with Crippen LogP contribution in [0.3, 0.4) is 0 Å². The topological polar surface area (TPSA) is 65.7 Å². The Morgan fingerprint density at radius 2 is 1.32 bits per heavy atom. The summed E-state index contributed by atoms with van der Waals surface area (Å²) >= 11 is 5.96. The van der Waals surface area contributed by atoms with Gasteiger partial charge in [0.05, 0.1) is 11.4 Å². The van der Waals surface area contributed by atoms with Gasteiger partial charge in [-0.1, -0.05) is 23.7 Å². The standard InChI is InChI=1S/C17H13ClN2O2/c18-14-3-1-11(2-4-14)17(12-5-15(9-21)19-7-12)13-6-16(10-22)20-8-13/h1-10,17,19-20H. The first kappa shape index (κ1) is 14.4. The number of aldehydes is 2. The summed E-state index contributed by atoms with van der Waals surface area (Å²) in [5, 5.41) is 0.660. The van der Waals surface area contributed by atoms with Crippen molar-refractivity contribution in [3.05, 3.63) is 81.9 Å². The van der Waals surface area contributed by atoms with Gasteiger partial charge in [0.15, 0.2) is 12.6 Å². The fraction of sp³-hybridized carbons (Fsp3) is 0.0588. The lowest BCUT2D eigenvalue weighted by Gasteiger charge is -2.15. The van der Waals surface area contributed by atoms with E-state index in [1.807, 2.05) is 24.3 Å². The van der Waals surface area contributed by atoms with Crippen molar-refractivity contribution in [2.24, 2.45) is 0 Å². The fourth-order valence-corrected chi connectivity index (χ4v) is 2.69. The average Bonchev–Trinajstić information content (AvgIpc) is 3.19. The molecule has 22 heavy (non-hydrogen) atoms. The van der Waals surface area contributed by atoms with Crippen molar-refractivity contribution < 1.29 is 9.59 Å². The second-order valence-electron chi connectivity index (χ2n) is 5.00. The van der Waals surface area contributed by atoms with Gasteiger partial charge >= 0.3 is 0 Å². The van der Waals surface area contributed by atoms with E-state index in [0.29, 0.717) is 16.4 Å². The number of carbonyl (C=O) groups is 2. The molecule has 0 aliphatic carbocycles. The highest BCUT2D eigenvalue weighted by molar-refractivity contribution is 6.30. The van der Waals surface area contributed by atoms with E-state index >= 15 is 0 Å². The molecule has 0 atom stereocenters. The molecule has 0 radical (unpaired) electrons. The normalized spacial score (nSPS) is 10.8. The largest absolute Gasteiger partial charge is 0.359 e. The van der Waals surface area contributed by atoms with Crippen LogP contribution in [0, 0.1) is 0 Å². The Bertz CT molecular complexity index is 756. The summed E-state index contributed by atoms with van der Waals surface area (Å²) in [4.78, 5) is 27.7. The zero-order valence-corrected chi connectivity index (χ0v) is 12.3. The summed E-state index contributed by atoms with van der Waals surface area (Å²) in [7, 11) is 0. The van der Waals surface area contributed by atoms with E-state index in [1.165, 1.54) is 0 Å². The molecule has 1 aromatic carbocycles. The van der Waals surface area contributed by atoms with Gasteiger partial charge in [-0.25, -0.2) is 0 Å². The number of aromatic amines is 2. The number of hydrogen-bond acceptors (Lipinski definition) is 2. The first-order valence-electron chi connectivity index (χ1n) is 6.73. The molecule has 0 aliphatic rings. The van der Waals surface area contributed by atoms with Crippen LogP contribution in [0.2, 0.25) is 5.02 Å². The second-order valence-corrected chi connectivity index (χ2v) is 5.43. The zero-order valence-electron chi connectivity index (χ0n) is 11.5. The lowest BCUT2D eigenvalue weighted by Crippen LogP contribution is -2.01. The Kier molecular flexibility index (Phi) is 3.94. The maximum absolute atomic E-state index is 10.9. The first-order chi connectivity index (χ1) is 10.7. The van der Waals surface area contributed by atoms with Gasteiger partial charge in [0, 0.05) is 23.3 Å². The first-order valence-corrected chi connectivity index (χ1v) is 7.11. The molecule has 0 amide bonds. The SMILES string of the molecule is O=Cc1cc(C(c2ccc(Cl)cc2)c2c[nH]c(C=O)c2)c[nH]1. The van der Waals surface area contributed by atoms with Crippen LogP contribution in [0.25, 0.3) is 0 Å². The van der Waals surface area contributed by atoms with Crippen molar-refractivity contribution in [2.75, 3.05) is 0 Å². The minimum atomic E-state index is -0.0906. The Balaban J connectivity index is 2.10. The Morgan fingerprint density at radius 3 is 1.73 bits per heavy atom. The van der Waals surface area contributed by atoms with Crippen LogP contribution in [-0.4, -0.2) is 22.5 Å². The summed E-state index contributed by atoms with van der Waals surface area (Å²) in [6.07, 6.45) is 5.15. The van der Waals surface area contributed by atoms with Gasteiger partial charge in [0.2, 0.25) is 0 Å². The van der Waals surface area contributed by atoms with Crippen molar-refractivity contribution in [1.82, 2.24) is 9.97 Å². The van der Waals surface area contributed by atoms with Crippen LogP contribution in [0.5, 0.6) is 0 Å². The summed E-state index contributed by atoms with van der Waals surface area (Å²) in [6.45, 7) is 0. The van der Waals surface area contributed by atoms with Gasteiger partial charge in [-0.3, -0.25) is 9.59 Å². The highest BCUT2D eigenvalue weighted by Gasteiger charge is 2.19. The molecule has 4 nitrogen and oxygen atoms in total. The molecule has 0 saturated heterocycles. The summed E-state index contributed by atoms with van der Waals surface area (Å²) in [6, 6.07) is 11.1. The molecule has 3 aromatic rings. The molecule has 0 spiro atoms. The zero-order chi connectivity index (χ0) is 15.5. The van der Waals surface area contributed by atoms with E-state index in [0.717, 1.165) is 29.3 Å². The van der Waals surface area contributed by atoms with E-state index in [1.54, 1.807) is 24.5 Å². The second kappa shape index (κ2) is 6.03. The van der Waals surface area contributed by atoms with E-state index in [-0.39, 0.29) is 5.92 Å². The van der Waals surface area contributed by atoms with E-state index < -0.39 is 0 Å². The van der Waals surface area contributed by atoms with E-state index in [9.17, 15) is 9.59 Å².